The van der Waals surface area contributed by atoms with Gasteiger partial charge in [0.1, 0.15) is 23.9 Å². The Bertz CT molecular complexity index is 1800. The molecule has 208 valence electrons. The third-order valence-electron chi connectivity index (χ3n) is 8.37. The predicted molar refractivity (Wildman–Crippen MR) is 160 cm³/mol. The zero-order valence-corrected chi connectivity index (χ0v) is 25.4. The minimum absolute atomic E-state index is 0. The van der Waals surface area contributed by atoms with E-state index < -0.39 is 0 Å². The second-order valence-corrected chi connectivity index (χ2v) is 11.2. The molecule has 0 N–H and O–H groups in total. The summed E-state index contributed by atoms with van der Waals surface area (Å²) in [6.45, 7) is 4.50. The maximum absolute atomic E-state index is 6.31. The second-order valence-electron chi connectivity index (χ2n) is 11.2. The summed E-state index contributed by atoms with van der Waals surface area (Å²) in [5.74, 6) is 2.70. The fourth-order valence-electron chi connectivity index (χ4n) is 6.37. The van der Waals surface area contributed by atoms with Gasteiger partial charge in [-0.1, -0.05) is 79.7 Å². The number of ether oxygens (including phenoxy) is 2. The van der Waals surface area contributed by atoms with Crippen LogP contribution in [-0.4, -0.2) is 17.0 Å². The first-order chi connectivity index (χ1) is 20.1. The van der Waals surface area contributed by atoms with Crippen LogP contribution in [0.2, 0.25) is 0 Å². The largest absolute Gasteiger partial charge is 2.00 e. The molecule has 0 saturated heterocycles. The summed E-state index contributed by atoms with van der Waals surface area (Å²) >= 11 is 0. The van der Waals surface area contributed by atoms with E-state index in [-0.39, 0.29) is 38.6 Å². The van der Waals surface area contributed by atoms with Crippen molar-refractivity contribution >= 4 is 23.1 Å². The quantitative estimate of drug-likeness (QED) is 0.176. The zero-order chi connectivity index (χ0) is 27.6. The van der Waals surface area contributed by atoms with Crippen LogP contribution in [0.3, 0.4) is 0 Å². The Labute approximate surface area is 260 Å². The van der Waals surface area contributed by atoms with Crippen LogP contribution >= 0.6 is 0 Å². The molecule has 0 fully saturated rings. The molecule has 2 aliphatic heterocycles. The molecule has 8 rings (SSSR count). The summed E-state index contributed by atoms with van der Waals surface area (Å²) < 4.78 is 12.6. The van der Waals surface area contributed by atoms with Gasteiger partial charge in [-0.15, -0.1) is 36.4 Å². The van der Waals surface area contributed by atoms with Crippen LogP contribution in [0.15, 0.2) is 108 Å². The SMILES string of the molecule is CC1(C)c2ccccc2N(c2[c-]c(Oc3[c-]c(C4=N[C@H]5c6ccccc6C[C@H]5O4)ccc3)ccc2)c2ncccc21.[Pt+2]. The van der Waals surface area contributed by atoms with Crippen molar-refractivity contribution in [1.82, 2.24) is 4.98 Å². The summed E-state index contributed by atoms with van der Waals surface area (Å²) in [6, 6.07) is 39.7. The predicted octanol–water partition coefficient (Wildman–Crippen LogP) is 8.02. The Morgan fingerprint density at radius 3 is 2.50 bits per heavy atom. The van der Waals surface area contributed by atoms with Gasteiger partial charge in [0, 0.05) is 40.8 Å². The summed E-state index contributed by atoms with van der Waals surface area (Å²) in [6.07, 6.45) is 2.76. The van der Waals surface area contributed by atoms with Crippen LogP contribution in [-0.2, 0) is 37.6 Å². The number of rotatable bonds is 4. The van der Waals surface area contributed by atoms with E-state index in [1.807, 2.05) is 48.7 Å². The van der Waals surface area contributed by atoms with Crippen molar-refractivity contribution in [3.05, 3.63) is 143 Å². The first kappa shape index (κ1) is 26.7. The molecule has 5 aromatic rings. The van der Waals surface area contributed by atoms with Gasteiger partial charge in [0.05, 0.1) is 0 Å². The number of benzene rings is 4. The molecule has 0 radical (unpaired) electrons. The van der Waals surface area contributed by atoms with Crippen molar-refractivity contribution < 1.29 is 30.5 Å². The first-order valence-electron chi connectivity index (χ1n) is 14.0. The number of hydrogen-bond acceptors (Lipinski definition) is 5. The molecular formula is C36H27N3O2Pt. The van der Waals surface area contributed by atoms with E-state index >= 15 is 0 Å². The normalized spacial score (nSPS) is 18.9. The number of aromatic nitrogens is 1. The molecule has 3 heterocycles. The molecule has 0 unspecified atom stereocenters. The Kier molecular flexibility index (Phi) is 6.51. The van der Waals surface area contributed by atoms with Crippen LogP contribution in [0, 0.1) is 12.1 Å². The van der Waals surface area contributed by atoms with E-state index in [2.05, 4.69) is 85.5 Å². The fraction of sp³-hybridized carbons (Fsp3) is 0.167. The second kappa shape index (κ2) is 10.3. The van der Waals surface area contributed by atoms with Gasteiger partial charge in [0.15, 0.2) is 0 Å². The first-order valence-corrected chi connectivity index (χ1v) is 14.0. The van der Waals surface area contributed by atoms with Gasteiger partial charge < -0.3 is 14.4 Å². The van der Waals surface area contributed by atoms with E-state index in [1.165, 1.54) is 22.3 Å². The summed E-state index contributed by atoms with van der Waals surface area (Å²) in [4.78, 5) is 11.9. The van der Waals surface area contributed by atoms with E-state index in [0.717, 1.165) is 29.2 Å². The maximum Gasteiger partial charge on any atom is 2.00 e. The van der Waals surface area contributed by atoms with Crippen LogP contribution in [0.25, 0.3) is 0 Å². The molecular weight excluding hydrogens is 701 g/mol. The maximum atomic E-state index is 6.31. The Morgan fingerprint density at radius 2 is 1.60 bits per heavy atom. The molecule has 0 saturated carbocycles. The average Bonchev–Trinajstić information content (AvgIpc) is 3.57. The minimum atomic E-state index is -0.175. The topological polar surface area (TPSA) is 47.0 Å². The zero-order valence-electron chi connectivity index (χ0n) is 23.2. The molecule has 0 amide bonds. The van der Waals surface area contributed by atoms with Crippen LogP contribution in [0.1, 0.15) is 47.7 Å². The van der Waals surface area contributed by atoms with Crippen LogP contribution < -0.4 is 9.64 Å². The van der Waals surface area contributed by atoms with Crippen molar-refractivity contribution in [2.24, 2.45) is 4.99 Å². The number of nitrogens with zero attached hydrogens (tertiary/aromatic N) is 3. The van der Waals surface area contributed by atoms with E-state index in [0.29, 0.717) is 17.4 Å². The molecule has 1 aromatic heterocycles. The molecule has 0 bridgehead atoms. The van der Waals surface area contributed by atoms with Gasteiger partial charge >= 0.3 is 21.1 Å². The fourth-order valence-corrected chi connectivity index (χ4v) is 6.37. The third kappa shape index (κ3) is 4.26. The van der Waals surface area contributed by atoms with E-state index in [9.17, 15) is 0 Å². The minimum Gasteiger partial charge on any atom is -0.514 e. The molecule has 4 aromatic carbocycles. The smallest absolute Gasteiger partial charge is 0.514 e. The van der Waals surface area contributed by atoms with Crippen molar-refractivity contribution in [2.45, 2.75) is 37.8 Å². The summed E-state index contributed by atoms with van der Waals surface area (Å²) in [5.41, 5.74) is 7.55. The Morgan fingerprint density at radius 1 is 0.833 bits per heavy atom. The number of anilines is 3. The van der Waals surface area contributed by atoms with Crippen molar-refractivity contribution in [3.63, 3.8) is 0 Å². The standard InChI is InChI=1S/C36H27N3O2.Pt/c1-36(2)29-16-5-6-18-31(29)39(34-30(36)17-9-19-37-34)25-12-8-14-27(22-25)40-26-13-7-11-24(20-26)35-38-33-28-15-4-3-10-23(28)21-32(33)41-35;/h3-19,32-33H,21H2,1-2H3;/q-2;+2/t32-,33+;/m1./s1. The Hall–Kier alpha value is -4.21. The number of aliphatic imine (C=N–C) groups is 1. The van der Waals surface area contributed by atoms with Gasteiger partial charge in [-0.3, -0.25) is 4.99 Å². The van der Waals surface area contributed by atoms with Crippen LogP contribution in [0.4, 0.5) is 17.2 Å². The monoisotopic (exact) mass is 728 g/mol. The molecule has 6 heteroatoms. The number of pyridine rings is 1. The van der Waals surface area contributed by atoms with Gasteiger partial charge in [-0.05, 0) is 28.8 Å². The number of hydrogen-bond donors (Lipinski definition) is 0. The van der Waals surface area contributed by atoms with Gasteiger partial charge in [0.25, 0.3) is 0 Å². The Balaban J connectivity index is 0.00000288. The van der Waals surface area contributed by atoms with Crippen molar-refractivity contribution in [2.75, 3.05) is 4.90 Å². The molecule has 2 atom stereocenters. The van der Waals surface area contributed by atoms with Gasteiger partial charge in [-0.25, -0.2) is 4.98 Å². The van der Waals surface area contributed by atoms with E-state index in [1.54, 1.807) is 0 Å². The van der Waals surface area contributed by atoms with Crippen molar-refractivity contribution in [1.29, 1.82) is 0 Å². The summed E-state index contributed by atoms with van der Waals surface area (Å²) in [5, 5.41) is 0. The summed E-state index contributed by atoms with van der Waals surface area (Å²) in [7, 11) is 0. The molecule has 42 heavy (non-hydrogen) atoms. The third-order valence-corrected chi connectivity index (χ3v) is 8.37. The average molecular weight is 729 g/mol. The van der Waals surface area contributed by atoms with Gasteiger partial charge in [0.2, 0.25) is 0 Å². The number of para-hydroxylation sites is 1. The van der Waals surface area contributed by atoms with Gasteiger partial charge in [-0.2, -0.15) is 6.07 Å². The van der Waals surface area contributed by atoms with E-state index in [4.69, 9.17) is 19.5 Å². The molecule has 1 aliphatic carbocycles. The molecule has 5 nitrogen and oxygen atoms in total. The number of fused-ring (bicyclic) bond motifs is 5. The molecule has 3 aliphatic rings. The van der Waals surface area contributed by atoms with Crippen LogP contribution in [0.5, 0.6) is 11.5 Å². The molecule has 0 spiro atoms. The van der Waals surface area contributed by atoms with Crippen molar-refractivity contribution in [3.8, 4) is 11.5 Å².